The van der Waals surface area contributed by atoms with Crippen molar-refractivity contribution in [2.24, 2.45) is 5.84 Å². The Bertz CT molecular complexity index is 330. The van der Waals surface area contributed by atoms with E-state index in [0.29, 0.717) is 15.9 Å². The molecule has 70 valence electrons. The van der Waals surface area contributed by atoms with Gasteiger partial charge in [0.05, 0.1) is 17.1 Å². The second kappa shape index (κ2) is 4.20. The van der Waals surface area contributed by atoms with E-state index in [0.717, 1.165) is 0 Å². The van der Waals surface area contributed by atoms with Crippen LogP contribution in [0.25, 0.3) is 0 Å². The molecule has 5 nitrogen and oxygen atoms in total. The summed E-state index contributed by atoms with van der Waals surface area (Å²) in [6, 6.07) is 1.58. The van der Waals surface area contributed by atoms with E-state index < -0.39 is 5.97 Å². The number of nitrogens with zero attached hydrogens (tertiary/aromatic N) is 1. The smallest absolute Gasteiger partial charge is 0.339 e. The van der Waals surface area contributed by atoms with Gasteiger partial charge in [-0.3, -0.25) is 0 Å². The Morgan fingerprint density at radius 1 is 1.77 bits per heavy atom. The SMILES string of the molecule is COC(=O)c1cnc(NN)c(Br)c1. The molecule has 1 aromatic rings. The summed E-state index contributed by atoms with van der Waals surface area (Å²) in [5.74, 6) is 5.18. The first-order chi connectivity index (χ1) is 6.19. The van der Waals surface area contributed by atoms with Crippen molar-refractivity contribution < 1.29 is 9.53 Å². The lowest BCUT2D eigenvalue weighted by Crippen LogP contribution is -2.10. The summed E-state index contributed by atoms with van der Waals surface area (Å²) in [6.45, 7) is 0. The van der Waals surface area contributed by atoms with Crippen LogP contribution in [0.3, 0.4) is 0 Å². The highest BCUT2D eigenvalue weighted by Gasteiger charge is 2.08. The normalized spacial score (nSPS) is 9.46. The van der Waals surface area contributed by atoms with Gasteiger partial charge in [-0.2, -0.15) is 0 Å². The zero-order valence-corrected chi connectivity index (χ0v) is 8.46. The van der Waals surface area contributed by atoms with Crippen LogP contribution in [0.15, 0.2) is 16.7 Å². The van der Waals surface area contributed by atoms with Gasteiger partial charge in [0, 0.05) is 6.20 Å². The molecule has 0 amide bonds. The first-order valence-electron chi connectivity index (χ1n) is 3.39. The number of aromatic nitrogens is 1. The van der Waals surface area contributed by atoms with Gasteiger partial charge >= 0.3 is 5.97 Å². The number of anilines is 1. The van der Waals surface area contributed by atoms with Crippen molar-refractivity contribution in [3.63, 3.8) is 0 Å². The van der Waals surface area contributed by atoms with Gasteiger partial charge in [0.25, 0.3) is 0 Å². The van der Waals surface area contributed by atoms with Crippen molar-refractivity contribution in [3.8, 4) is 0 Å². The van der Waals surface area contributed by atoms with E-state index in [2.05, 4.69) is 31.1 Å². The van der Waals surface area contributed by atoms with Gasteiger partial charge in [0.2, 0.25) is 0 Å². The fourth-order valence-electron chi connectivity index (χ4n) is 0.774. The van der Waals surface area contributed by atoms with Gasteiger partial charge < -0.3 is 10.2 Å². The largest absolute Gasteiger partial charge is 0.465 e. The topological polar surface area (TPSA) is 77.2 Å². The van der Waals surface area contributed by atoms with Gasteiger partial charge in [0.1, 0.15) is 0 Å². The van der Waals surface area contributed by atoms with Crippen molar-refractivity contribution >= 4 is 27.7 Å². The highest BCUT2D eigenvalue weighted by molar-refractivity contribution is 9.10. The van der Waals surface area contributed by atoms with Crippen molar-refractivity contribution in [2.45, 2.75) is 0 Å². The number of carbonyl (C=O) groups excluding carboxylic acids is 1. The number of halogens is 1. The number of carbonyl (C=O) groups is 1. The Labute approximate surface area is 83.4 Å². The number of nitrogens with one attached hydrogen (secondary N) is 1. The average Bonchev–Trinajstić information content (AvgIpc) is 2.16. The predicted molar refractivity (Wildman–Crippen MR) is 51.1 cm³/mol. The fraction of sp³-hybridized carbons (Fsp3) is 0.143. The van der Waals surface area contributed by atoms with E-state index in [1.165, 1.54) is 13.3 Å². The molecule has 1 aromatic heterocycles. The van der Waals surface area contributed by atoms with Crippen molar-refractivity contribution in [3.05, 3.63) is 22.3 Å². The minimum absolute atomic E-state index is 0.369. The number of ether oxygens (including phenoxy) is 1. The van der Waals surface area contributed by atoms with E-state index in [1.807, 2.05) is 0 Å². The molecule has 0 saturated carbocycles. The zero-order chi connectivity index (χ0) is 9.84. The summed E-state index contributed by atoms with van der Waals surface area (Å²) in [4.78, 5) is 14.9. The number of nitrogens with two attached hydrogens (primary N) is 1. The predicted octanol–water partition coefficient (Wildman–Crippen LogP) is 0.916. The first kappa shape index (κ1) is 9.94. The van der Waals surface area contributed by atoms with Crippen LogP contribution in [0.5, 0.6) is 0 Å². The summed E-state index contributed by atoms with van der Waals surface area (Å²) in [5.41, 5.74) is 2.74. The van der Waals surface area contributed by atoms with Gasteiger partial charge in [-0.25, -0.2) is 15.6 Å². The second-order valence-corrected chi connectivity index (χ2v) is 3.04. The molecule has 1 rings (SSSR count). The van der Waals surface area contributed by atoms with Crippen LogP contribution in [0.4, 0.5) is 5.82 Å². The van der Waals surface area contributed by atoms with Crippen LogP contribution in [0.1, 0.15) is 10.4 Å². The lowest BCUT2D eigenvalue weighted by molar-refractivity contribution is 0.0600. The molecule has 0 saturated heterocycles. The Kier molecular flexibility index (Phi) is 3.21. The van der Waals surface area contributed by atoms with Crippen LogP contribution < -0.4 is 11.3 Å². The number of hydrogen-bond acceptors (Lipinski definition) is 5. The van der Waals surface area contributed by atoms with Crippen LogP contribution in [0.2, 0.25) is 0 Å². The summed E-state index contributed by atoms with van der Waals surface area (Å²) in [5, 5.41) is 0. The summed E-state index contributed by atoms with van der Waals surface area (Å²) in [7, 11) is 1.31. The minimum atomic E-state index is -0.434. The van der Waals surface area contributed by atoms with Crippen LogP contribution in [-0.4, -0.2) is 18.1 Å². The van der Waals surface area contributed by atoms with Crippen LogP contribution in [-0.2, 0) is 4.74 Å². The molecule has 0 spiro atoms. The molecule has 1 heterocycles. The maximum absolute atomic E-state index is 11.0. The van der Waals surface area contributed by atoms with Crippen molar-refractivity contribution in [1.29, 1.82) is 0 Å². The number of pyridine rings is 1. The summed E-state index contributed by atoms with van der Waals surface area (Å²) < 4.78 is 5.12. The molecule has 0 aliphatic rings. The Balaban J connectivity index is 3.02. The molecule has 6 heteroatoms. The molecule has 0 aliphatic carbocycles. The molecule has 0 fully saturated rings. The molecule has 3 N–H and O–H groups in total. The van der Waals surface area contributed by atoms with E-state index >= 15 is 0 Å². The fourth-order valence-corrected chi connectivity index (χ4v) is 1.24. The second-order valence-electron chi connectivity index (χ2n) is 2.19. The maximum Gasteiger partial charge on any atom is 0.339 e. The van der Waals surface area contributed by atoms with E-state index in [4.69, 9.17) is 5.84 Å². The van der Waals surface area contributed by atoms with Crippen LogP contribution in [0, 0.1) is 0 Å². The molecule has 0 aliphatic heterocycles. The molecule has 0 aromatic carbocycles. The Hall–Kier alpha value is -1.14. The van der Waals surface area contributed by atoms with Crippen molar-refractivity contribution in [2.75, 3.05) is 12.5 Å². The first-order valence-corrected chi connectivity index (χ1v) is 4.18. The monoisotopic (exact) mass is 245 g/mol. The quantitative estimate of drug-likeness (QED) is 0.461. The number of methoxy groups -OCH3 is 1. The standard InChI is InChI=1S/C7H8BrN3O2/c1-13-7(12)4-2-5(8)6(11-9)10-3-4/h2-3H,9H2,1H3,(H,10,11). The van der Waals surface area contributed by atoms with E-state index in [-0.39, 0.29) is 0 Å². The third kappa shape index (κ3) is 2.16. The van der Waals surface area contributed by atoms with Crippen LogP contribution >= 0.6 is 15.9 Å². The van der Waals surface area contributed by atoms with Gasteiger partial charge in [-0.1, -0.05) is 0 Å². The maximum atomic E-state index is 11.0. The third-order valence-electron chi connectivity index (χ3n) is 1.40. The van der Waals surface area contributed by atoms with E-state index in [9.17, 15) is 4.79 Å². The number of hydrogen-bond donors (Lipinski definition) is 2. The van der Waals surface area contributed by atoms with Crippen molar-refractivity contribution in [1.82, 2.24) is 4.98 Å². The van der Waals surface area contributed by atoms with E-state index in [1.54, 1.807) is 6.07 Å². The molecule has 0 atom stereocenters. The van der Waals surface area contributed by atoms with Gasteiger partial charge in [-0.15, -0.1) is 0 Å². The lowest BCUT2D eigenvalue weighted by Gasteiger charge is -2.03. The molecule has 13 heavy (non-hydrogen) atoms. The van der Waals surface area contributed by atoms with Gasteiger partial charge in [-0.05, 0) is 22.0 Å². The summed E-state index contributed by atoms with van der Waals surface area (Å²) >= 11 is 3.19. The lowest BCUT2D eigenvalue weighted by atomic mass is 10.3. The molecule has 0 unspecified atom stereocenters. The molecule has 0 bridgehead atoms. The zero-order valence-electron chi connectivity index (χ0n) is 6.87. The Morgan fingerprint density at radius 2 is 2.46 bits per heavy atom. The molecule has 0 radical (unpaired) electrons. The minimum Gasteiger partial charge on any atom is -0.465 e. The highest BCUT2D eigenvalue weighted by Crippen LogP contribution is 2.19. The number of rotatable bonds is 2. The van der Waals surface area contributed by atoms with Gasteiger partial charge in [0.15, 0.2) is 5.82 Å². The number of hydrazine groups is 1. The average molecular weight is 246 g/mol. The molecular formula is C7H8BrN3O2. The third-order valence-corrected chi connectivity index (χ3v) is 2.00. The number of esters is 1. The highest BCUT2D eigenvalue weighted by atomic mass is 79.9. The molecular weight excluding hydrogens is 238 g/mol. The Morgan fingerprint density at radius 3 is 2.92 bits per heavy atom. The number of nitrogen functional groups attached to an aromatic ring is 1. The summed E-state index contributed by atoms with van der Waals surface area (Å²) in [6.07, 6.45) is 1.38.